The fraction of sp³-hybridized carbons (Fsp3) is 0.158. The summed E-state index contributed by atoms with van der Waals surface area (Å²) in [5.41, 5.74) is 8.34. The van der Waals surface area contributed by atoms with E-state index in [2.05, 4.69) is 10.3 Å². The van der Waals surface area contributed by atoms with Gasteiger partial charge >= 0.3 is 0 Å². The molecule has 7 heteroatoms. The third kappa shape index (κ3) is 3.98. The normalized spacial score (nSPS) is 10.6. The summed E-state index contributed by atoms with van der Waals surface area (Å²) in [6, 6.07) is 12.5. The number of halogens is 1. The van der Waals surface area contributed by atoms with Crippen molar-refractivity contribution in [2.75, 3.05) is 17.7 Å². The second-order valence-electron chi connectivity index (χ2n) is 5.60. The Bertz CT molecular complexity index is 938. The van der Waals surface area contributed by atoms with Crippen LogP contribution in [0.1, 0.15) is 27.7 Å². The molecule has 0 bridgehead atoms. The smallest absolute Gasteiger partial charge is 0.206 e. The zero-order valence-electron chi connectivity index (χ0n) is 14.4. The Morgan fingerprint density at radius 2 is 2.00 bits per heavy atom. The first-order chi connectivity index (χ1) is 12.5. The standard InChI is InChI=1S/C19H18ClN3O2S/c1-3-25-14-8-5-12(6-9-14)16(24)17-18(21)23-19(26-17)22-15-10-13(20)7-4-11(15)2/h4-10H,3,21H2,1-2H3,(H,22,23). The van der Waals surface area contributed by atoms with Crippen molar-refractivity contribution in [3.05, 3.63) is 63.5 Å². The van der Waals surface area contributed by atoms with E-state index in [1.165, 1.54) is 11.3 Å². The quantitative estimate of drug-likeness (QED) is 0.578. The van der Waals surface area contributed by atoms with Gasteiger partial charge in [0.1, 0.15) is 16.4 Å². The number of nitrogens with two attached hydrogens (primary N) is 1. The first-order valence-corrected chi connectivity index (χ1v) is 9.24. The molecule has 1 heterocycles. The van der Waals surface area contributed by atoms with E-state index in [0.29, 0.717) is 27.2 Å². The van der Waals surface area contributed by atoms with Crippen LogP contribution in [-0.2, 0) is 0 Å². The van der Waals surface area contributed by atoms with Gasteiger partial charge in [-0.25, -0.2) is 4.98 Å². The number of aromatic nitrogens is 1. The summed E-state index contributed by atoms with van der Waals surface area (Å²) in [5.74, 6) is 0.759. The van der Waals surface area contributed by atoms with Gasteiger partial charge in [0.15, 0.2) is 5.13 Å². The fourth-order valence-corrected chi connectivity index (χ4v) is 3.42. The predicted molar refractivity (Wildman–Crippen MR) is 107 cm³/mol. The van der Waals surface area contributed by atoms with Crippen molar-refractivity contribution >= 4 is 45.4 Å². The lowest BCUT2D eigenvalue weighted by molar-refractivity contribution is 0.104. The van der Waals surface area contributed by atoms with E-state index < -0.39 is 0 Å². The maximum absolute atomic E-state index is 12.7. The van der Waals surface area contributed by atoms with Crippen LogP contribution in [0.4, 0.5) is 16.6 Å². The molecule has 3 aromatic rings. The Morgan fingerprint density at radius 1 is 1.27 bits per heavy atom. The molecule has 0 aliphatic heterocycles. The van der Waals surface area contributed by atoms with Gasteiger partial charge in [0.25, 0.3) is 0 Å². The van der Waals surface area contributed by atoms with Gasteiger partial charge in [-0.3, -0.25) is 4.79 Å². The van der Waals surface area contributed by atoms with Crippen molar-refractivity contribution in [3.8, 4) is 5.75 Å². The highest BCUT2D eigenvalue weighted by molar-refractivity contribution is 7.18. The van der Waals surface area contributed by atoms with Gasteiger partial charge in [-0.1, -0.05) is 29.0 Å². The molecule has 5 nitrogen and oxygen atoms in total. The Kier molecular flexibility index (Phi) is 5.44. The SMILES string of the molecule is CCOc1ccc(C(=O)c2sc(Nc3cc(Cl)ccc3C)nc2N)cc1. The van der Waals surface area contributed by atoms with Crippen LogP contribution in [0.2, 0.25) is 5.02 Å². The van der Waals surface area contributed by atoms with Crippen LogP contribution in [-0.4, -0.2) is 17.4 Å². The maximum atomic E-state index is 12.7. The van der Waals surface area contributed by atoms with E-state index in [1.807, 2.05) is 32.0 Å². The van der Waals surface area contributed by atoms with E-state index >= 15 is 0 Å². The lowest BCUT2D eigenvalue weighted by Crippen LogP contribution is -2.02. The minimum atomic E-state index is -0.168. The molecule has 3 N–H and O–H groups in total. The average Bonchev–Trinajstić information content (AvgIpc) is 2.99. The van der Waals surface area contributed by atoms with Crippen LogP contribution < -0.4 is 15.8 Å². The Hall–Kier alpha value is -2.57. The lowest BCUT2D eigenvalue weighted by Gasteiger charge is -2.06. The zero-order valence-corrected chi connectivity index (χ0v) is 15.9. The molecular formula is C19H18ClN3O2S. The number of carbonyl (C=O) groups excluding carboxylic acids is 1. The highest BCUT2D eigenvalue weighted by Crippen LogP contribution is 2.31. The molecule has 0 spiro atoms. The van der Waals surface area contributed by atoms with E-state index in [9.17, 15) is 4.79 Å². The average molecular weight is 388 g/mol. The summed E-state index contributed by atoms with van der Waals surface area (Å²) in [7, 11) is 0. The molecule has 0 unspecified atom stereocenters. The maximum Gasteiger partial charge on any atom is 0.206 e. The summed E-state index contributed by atoms with van der Waals surface area (Å²) in [4.78, 5) is 17.4. The molecule has 0 aliphatic rings. The van der Waals surface area contributed by atoms with E-state index in [0.717, 1.165) is 17.0 Å². The molecule has 2 aromatic carbocycles. The number of carbonyl (C=O) groups is 1. The molecule has 0 fully saturated rings. The number of nitrogen functional groups attached to an aromatic ring is 1. The molecule has 134 valence electrons. The van der Waals surface area contributed by atoms with Crippen molar-refractivity contribution in [3.63, 3.8) is 0 Å². The van der Waals surface area contributed by atoms with Gasteiger partial charge < -0.3 is 15.8 Å². The summed E-state index contributed by atoms with van der Waals surface area (Å²) in [6.07, 6.45) is 0. The number of anilines is 3. The van der Waals surface area contributed by atoms with Crippen molar-refractivity contribution in [1.29, 1.82) is 0 Å². The van der Waals surface area contributed by atoms with Crippen molar-refractivity contribution in [2.45, 2.75) is 13.8 Å². The number of ether oxygens (including phenoxy) is 1. The van der Waals surface area contributed by atoms with Crippen molar-refractivity contribution < 1.29 is 9.53 Å². The number of rotatable bonds is 6. The number of hydrogen-bond acceptors (Lipinski definition) is 6. The number of thiazole rings is 1. The summed E-state index contributed by atoms with van der Waals surface area (Å²) < 4.78 is 5.39. The highest BCUT2D eigenvalue weighted by atomic mass is 35.5. The summed E-state index contributed by atoms with van der Waals surface area (Å²) in [5, 5.41) is 4.34. The van der Waals surface area contributed by atoms with Gasteiger partial charge in [-0.15, -0.1) is 0 Å². The fourth-order valence-electron chi connectivity index (χ4n) is 2.39. The molecular weight excluding hydrogens is 370 g/mol. The highest BCUT2D eigenvalue weighted by Gasteiger charge is 2.18. The van der Waals surface area contributed by atoms with Crippen LogP contribution >= 0.6 is 22.9 Å². The largest absolute Gasteiger partial charge is 0.494 e. The monoisotopic (exact) mass is 387 g/mol. The topological polar surface area (TPSA) is 77.2 Å². The van der Waals surface area contributed by atoms with Gasteiger partial charge in [0.05, 0.1) is 6.61 Å². The van der Waals surface area contributed by atoms with Crippen LogP contribution in [0.15, 0.2) is 42.5 Å². The number of benzene rings is 2. The number of nitrogens with zero attached hydrogens (tertiary/aromatic N) is 1. The van der Waals surface area contributed by atoms with Gasteiger partial charge in [0, 0.05) is 16.3 Å². The Balaban J connectivity index is 1.83. The van der Waals surface area contributed by atoms with Gasteiger partial charge in [-0.2, -0.15) is 0 Å². The third-order valence-electron chi connectivity index (χ3n) is 3.73. The van der Waals surface area contributed by atoms with Crippen LogP contribution in [0.5, 0.6) is 5.75 Å². The second-order valence-corrected chi connectivity index (χ2v) is 7.04. The molecule has 0 aliphatic carbocycles. The number of hydrogen-bond donors (Lipinski definition) is 2. The Labute approximate surface area is 160 Å². The molecule has 0 saturated carbocycles. The predicted octanol–water partition coefficient (Wildman–Crippen LogP) is 5.06. The summed E-state index contributed by atoms with van der Waals surface area (Å²) >= 11 is 7.25. The molecule has 0 amide bonds. The zero-order chi connectivity index (χ0) is 18.7. The third-order valence-corrected chi connectivity index (χ3v) is 4.95. The number of nitrogens with one attached hydrogen (secondary N) is 1. The minimum Gasteiger partial charge on any atom is -0.494 e. The first kappa shape index (κ1) is 18.2. The van der Waals surface area contributed by atoms with E-state index in [4.69, 9.17) is 22.1 Å². The minimum absolute atomic E-state index is 0.168. The van der Waals surface area contributed by atoms with Gasteiger partial charge in [-0.05, 0) is 55.8 Å². The van der Waals surface area contributed by atoms with E-state index in [1.54, 1.807) is 24.3 Å². The first-order valence-electron chi connectivity index (χ1n) is 8.05. The molecule has 26 heavy (non-hydrogen) atoms. The summed E-state index contributed by atoms with van der Waals surface area (Å²) in [6.45, 7) is 4.45. The second kappa shape index (κ2) is 7.76. The molecule has 1 aromatic heterocycles. The number of aryl methyl sites for hydroxylation is 1. The van der Waals surface area contributed by atoms with Gasteiger partial charge in [0.2, 0.25) is 5.78 Å². The lowest BCUT2D eigenvalue weighted by atomic mass is 10.1. The van der Waals surface area contributed by atoms with Crippen molar-refractivity contribution in [2.24, 2.45) is 0 Å². The molecule has 0 saturated heterocycles. The van der Waals surface area contributed by atoms with Crippen LogP contribution in [0, 0.1) is 6.92 Å². The van der Waals surface area contributed by atoms with Crippen molar-refractivity contribution in [1.82, 2.24) is 4.98 Å². The Morgan fingerprint density at radius 3 is 2.69 bits per heavy atom. The van der Waals surface area contributed by atoms with E-state index in [-0.39, 0.29) is 11.6 Å². The molecule has 0 atom stereocenters. The van der Waals surface area contributed by atoms with Crippen LogP contribution in [0.3, 0.4) is 0 Å². The molecule has 0 radical (unpaired) electrons. The molecule has 3 rings (SSSR count). The van der Waals surface area contributed by atoms with Crippen LogP contribution in [0.25, 0.3) is 0 Å². The number of ketones is 1.